The number of aromatic nitrogens is 2. The molecule has 6 heteroatoms. The molecule has 1 unspecified atom stereocenters. The highest BCUT2D eigenvalue weighted by Gasteiger charge is 2.13. The van der Waals surface area contributed by atoms with Gasteiger partial charge in [0.1, 0.15) is 10.2 Å². The van der Waals surface area contributed by atoms with E-state index in [4.69, 9.17) is 28.9 Å². The van der Waals surface area contributed by atoms with Crippen molar-refractivity contribution < 1.29 is 0 Å². The lowest BCUT2D eigenvalue weighted by Gasteiger charge is -2.03. The first-order valence-corrected chi connectivity index (χ1v) is 6.44. The number of nitrogens with one attached hydrogen (secondary N) is 1. The Morgan fingerprint density at radius 2 is 2.31 bits per heavy atom. The van der Waals surface area contributed by atoms with Gasteiger partial charge >= 0.3 is 0 Å². The lowest BCUT2D eigenvalue weighted by Crippen LogP contribution is -2.10. The van der Waals surface area contributed by atoms with Gasteiger partial charge in [0, 0.05) is 5.56 Å². The average molecular weight is 276 g/mol. The van der Waals surface area contributed by atoms with Crippen LogP contribution in [-0.4, -0.2) is 9.97 Å². The maximum absolute atomic E-state index is 6.06. The minimum absolute atomic E-state index is 0.0679. The summed E-state index contributed by atoms with van der Waals surface area (Å²) in [5.74, 6) is 0.774. The molecule has 86 valence electrons. The van der Waals surface area contributed by atoms with Crippen LogP contribution in [0.3, 0.4) is 0 Å². The van der Waals surface area contributed by atoms with E-state index in [0.717, 1.165) is 23.5 Å². The topological polar surface area (TPSA) is 54.7 Å². The Labute approximate surface area is 108 Å². The number of imidazole rings is 1. The molecule has 2 aromatic rings. The number of H-pyrrole nitrogens is 1. The molecule has 0 radical (unpaired) electrons. The molecule has 0 saturated carbocycles. The zero-order chi connectivity index (χ0) is 11.7. The average Bonchev–Trinajstić information content (AvgIpc) is 2.83. The predicted molar refractivity (Wildman–Crippen MR) is 69.1 cm³/mol. The molecule has 3 nitrogen and oxygen atoms in total. The second-order valence-corrected chi connectivity index (χ2v) is 5.72. The van der Waals surface area contributed by atoms with Gasteiger partial charge in [0.15, 0.2) is 0 Å². The highest BCUT2D eigenvalue weighted by molar-refractivity contribution is 7.20. The Hall–Kier alpha value is -0.550. The molecule has 2 aromatic heterocycles. The molecule has 0 aliphatic rings. The Balaban J connectivity index is 2.35. The lowest BCUT2D eigenvalue weighted by atomic mass is 10.2. The fraction of sp³-hybridized carbons (Fsp3) is 0.300. The largest absolute Gasteiger partial charge is 0.341 e. The monoisotopic (exact) mass is 275 g/mol. The van der Waals surface area contributed by atoms with Gasteiger partial charge in [0.25, 0.3) is 0 Å². The summed E-state index contributed by atoms with van der Waals surface area (Å²) in [6.07, 6.45) is 2.57. The summed E-state index contributed by atoms with van der Waals surface area (Å²) < 4.78 is 1.32. The third-order valence-corrected chi connectivity index (χ3v) is 3.82. The number of nitrogens with two attached hydrogens (primary N) is 1. The van der Waals surface area contributed by atoms with E-state index >= 15 is 0 Å². The highest BCUT2D eigenvalue weighted by atomic mass is 35.5. The van der Waals surface area contributed by atoms with Crippen LogP contribution in [0.1, 0.15) is 25.2 Å². The van der Waals surface area contributed by atoms with E-state index in [1.165, 1.54) is 11.3 Å². The second kappa shape index (κ2) is 4.75. The standard InChI is InChI=1S/C10H11Cl2N3S/c1-2-6(13)10-14-4-7(15-10)5-3-8(11)16-9(5)12/h3-4,6H,2,13H2,1H3,(H,14,15). The summed E-state index contributed by atoms with van der Waals surface area (Å²) in [4.78, 5) is 7.40. The van der Waals surface area contributed by atoms with E-state index in [1.54, 1.807) is 6.20 Å². The molecule has 0 aromatic carbocycles. The number of rotatable bonds is 3. The zero-order valence-electron chi connectivity index (χ0n) is 8.63. The minimum atomic E-state index is -0.0679. The molecule has 2 heterocycles. The van der Waals surface area contributed by atoms with Crippen LogP contribution in [0.25, 0.3) is 11.3 Å². The smallest absolute Gasteiger partial charge is 0.123 e. The van der Waals surface area contributed by atoms with Crippen molar-refractivity contribution in [1.82, 2.24) is 9.97 Å². The normalized spacial score (nSPS) is 13.0. The van der Waals surface area contributed by atoms with E-state index in [0.29, 0.717) is 8.67 Å². The quantitative estimate of drug-likeness (QED) is 0.894. The summed E-state index contributed by atoms with van der Waals surface area (Å²) in [7, 11) is 0. The van der Waals surface area contributed by atoms with Gasteiger partial charge in [-0.2, -0.15) is 0 Å². The number of thiophene rings is 1. The molecule has 3 N–H and O–H groups in total. The molecule has 0 amide bonds. The third kappa shape index (κ3) is 2.25. The summed E-state index contributed by atoms with van der Waals surface area (Å²) in [5.41, 5.74) is 7.61. The number of hydrogen-bond acceptors (Lipinski definition) is 3. The van der Waals surface area contributed by atoms with Crippen LogP contribution in [-0.2, 0) is 0 Å². The summed E-state index contributed by atoms with van der Waals surface area (Å²) in [5, 5.41) is 0. The number of halogens is 2. The van der Waals surface area contributed by atoms with Crippen LogP contribution in [0.2, 0.25) is 8.67 Å². The van der Waals surface area contributed by atoms with Gasteiger partial charge in [-0.3, -0.25) is 0 Å². The molecular formula is C10H11Cl2N3S. The van der Waals surface area contributed by atoms with Crippen molar-refractivity contribution >= 4 is 34.5 Å². The van der Waals surface area contributed by atoms with Gasteiger partial charge < -0.3 is 10.7 Å². The van der Waals surface area contributed by atoms with E-state index < -0.39 is 0 Å². The van der Waals surface area contributed by atoms with Gasteiger partial charge in [-0.1, -0.05) is 30.1 Å². The third-order valence-electron chi connectivity index (χ3n) is 2.33. The van der Waals surface area contributed by atoms with Crippen molar-refractivity contribution in [3.05, 3.63) is 26.8 Å². The van der Waals surface area contributed by atoms with Crippen molar-refractivity contribution in [2.75, 3.05) is 0 Å². The van der Waals surface area contributed by atoms with Crippen molar-refractivity contribution in [2.24, 2.45) is 5.73 Å². The van der Waals surface area contributed by atoms with Crippen LogP contribution in [0, 0.1) is 0 Å². The van der Waals surface area contributed by atoms with E-state index in [-0.39, 0.29) is 6.04 Å². The van der Waals surface area contributed by atoms with Crippen molar-refractivity contribution in [3.63, 3.8) is 0 Å². The molecule has 0 fully saturated rings. The fourth-order valence-corrected chi connectivity index (χ4v) is 2.87. The molecule has 0 bridgehead atoms. The molecule has 1 atom stereocenters. The maximum Gasteiger partial charge on any atom is 0.123 e. The van der Waals surface area contributed by atoms with Crippen molar-refractivity contribution in [1.29, 1.82) is 0 Å². The van der Waals surface area contributed by atoms with Crippen LogP contribution in [0.15, 0.2) is 12.3 Å². The Kier molecular flexibility index (Phi) is 3.54. The summed E-state index contributed by atoms with van der Waals surface area (Å²) in [6.45, 7) is 2.02. The number of nitrogens with zero attached hydrogens (tertiary/aromatic N) is 1. The minimum Gasteiger partial charge on any atom is -0.341 e. The van der Waals surface area contributed by atoms with Crippen molar-refractivity contribution in [3.8, 4) is 11.3 Å². The van der Waals surface area contributed by atoms with Crippen LogP contribution in [0.5, 0.6) is 0 Å². The van der Waals surface area contributed by atoms with Crippen LogP contribution in [0.4, 0.5) is 0 Å². The zero-order valence-corrected chi connectivity index (χ0v) is 11.0. The number of hydrogen-bond donors (Lipinski definition) is 2. The molecule has 0 spiro atoms. The first-order chi connectivity index (χ1) is 7.61. The Bertz CT molecular complexity index is 492. The highest BCUT2D eigenvalue weighted by Crippen LogP contribution is 2.37. The van der Waals surface area contributed by atoms with Crippen LogP contribution < -0.4 is 5.73 Å². The molecule has 0 aliphatic heterocycles. The Morgan fingerprint density at radius 3 is 2.88 bits per heavy atom. The predicted octanol–water partition coefficient (Wildman–Crippen LogP) is 3.85. The van der Waals surface area contributed by atoms with Gasteiger partial charge in [-0.25, -0.2) is 4.98 Å². The first-order valence-electron chi connectivity index (χ1n) is 4.87. The SMILES string of the molecule is CCC(N)c1ncc(-c2cc(Cl)sc2Cl)[nH]1. The van der Waals surface area contributed by atoms with Gasteiger partial charge in [-0.05, 0) is 12.5 Å². The lowest BCUT2D eigenvalue weighted by molar-refractivity contribution is 0.658. The molecular weight excluding hydrogens is 265 g/mol. The van der Waals surface area contributed by atoms with E-state index in [9.17, 15) is 0 Å². The maximum atomic E-state index is 6.06. The van der Waals surface area contributed by atoms with Gasteiger partial charge in [-0.15, -0.1) is 11.3 Å². The van der Waals surface area contributed by atoms with E-state index in [1.807, 2.05) is 13.0 Å². The number of aromatic amines is 1. The van der Waals surface area contributed by atoms with Gasteiger partial charge in [0.05, 0.1) is 22.3 Å². The van der Waals surface area contributed by atoms with E-state index in [2.05, 4.69) is 9.97 Å². The first kappa shape index (κ1) is 11.9. The molecule has 16 heavy (non-hydrogen) atoms. The second-order valence-electron chi connectivity index (χ2n) is 3.43. The summed E-state index contributed by atoms with van der Waals surface area (Å²) in [6, 6.07) is 1.75. The molecule has 0 saturated heterocycles. The summed E-state index contributed by atoms with van der Waals surface area (Å²) >= 11 is 13.3. The molecule has 0 aliphatic carbocycles. The molecule has 2 rings (SSSR count). The van der Waals surface area contributed by atoms with Crippen LogP contribution >= 0.6 is 34.5 Å². The fourth-order valence-electron chi connectivity index (χ4n) is 1.38. The van der Waals surface area contributed by atoms with Gasteiger partial charge in [0.2, 0.25) is 0 Å². The Morgan fingerprint density at radius 1 is 1.56 bits per heavy atom. The van der Waals surface area contributed by atoms with Crippen molar-refractivity contribution in [2.45, 2.75) is 19.4 Å².